The molecule has 0 spiro atoms. The maximum Gasteiger partial charge on any atom is 0.226 e. The number of carbonyl (C=O) groups excluding carboxylic acids is 2. The summed E-state index contributed by atoms with van der Waals surface area (Å²) in [5.74, 6) is 1.67. The van der Waals surface area contributed by atoms with Crippen molar-refractivity contribution in [2.24, 2.45) is 17.8 Å². The number of amides is 2. The van der Waals surface area contributed by atoms with Gasteiger partial charge < -0.3 is 10.2 Å². The molecule has 2 heterocycles. The first-order valence-corrected chi connectivity index (χ1v) is 8.24. The van der Waals surface area contributed by atoms with E-state index in [1.807, 2.05) is 0 Å². The first kappa shape index (κ1) is 13.9. The van der Waals surface area contributed by atoms with Gasteiger partial charge in [0.2, 0.25) is 11.8 Å². The topological polar surface area (TPSA) is 49.4 Å². The second-order valence-electron chi connectivity index (χ2n) is 6.85. The lowest BCUT2D eigenvalue weighted by molar-refractivity contribution is -0.146. The number of hydrogen-bond acceptors (Lipinski definition) is 2. The van der Waals surface area contributed by atoms with Crippen LogP contribution in [0.3, 0.4) is 0 Å². The number of hydrogen-bond donors (Lipinski definition) is 1. The number of likely N-dealkylation sites (tertiary alicyclic amines) is 1. The van der Waals surface area contributed by atoms with Gasteiger partial charge in [-0.25, -0.2) is 0 Å². The Balaban J connectivity index is 1.71. The highest BCUT2D eigenvalue weighted by molar-refractivity contribution is 5.87. The van der Waals surface area contributed by atoms with Crippen LogP contribution in [0.4, 0.5) is 0 Å². The van der Waals surface area contributed by atoms with Crippen LogP contribution in [0.25, 0.3) is 0 Å². The van der Waals surface area contributed by atoms with Crippen LogP contribution in [0.5, 0.6) is 0 Å². The summed E-state index contributed by atoms with van der Waals surface area (Å²) in [4.78, 5) is 26.5. The molecule has 4 atom stereocenters. The van der Waals surface area contributed by atoms with E-state index in [0.717, 1.165) is 25.3 Å². The molecule has 3 rings (SSSR count). The summed E-state index contributed by atoms with van der Waals surface area (Å²) >= 11 is 0. The molecule has 0 aromatic heterocycles. The predicted molar refractivity (Wildman–Crippen MR) is 77.0 cm³/mol. The molecule has 3 aliphatic rings. The highest BCUT2D eigenvalue weighted by atomic mass is 16.2. The summed E-state index contributed by atoms with van der Waals surface area (Å²) in [6.45, 7) is 3.91. The van der Waals surface area contributed by atoms with Gasteiger partial charge in [0.05, 0.1) is 0 Å². The lowest BCUT2D eigenvalue weighted by Crippen LogP contribution is -2.55. The first-order chi connectivity index (χ1) is 9.66. The Kier molecular flexibility index (Phi) is 3.99. The molecule has 0 aromatic rings. The zero-order valence-electron chi connectivity index (χ0n) is 12.4. The molecule has 0 bridgehead atoms. The standard InChI is InChI=1S/C16H26N2O2/c1-11-7-9-18(14-5-3-2-4-13(11)14)16(20)12-6-8-17-15(19)10-12/h11-14H,2-10H2,1H3,(H,17,19)/t11-,12-,13-,14+/m0/s1. The van der Waals surface area contributed by atoms with Crippen molar-refractivity contribution in [2.75, 3.05) is 13.1 Å². The molecular formula is C16H26N2O2. The molecule has 4 heteroatoms. The van der Waals surface area contributed by atoms with Gasteiger partial charge in [0.1, 0.15) is 0 Å². The molecule has 2 amide bonds. The van der Waals surface area contributed by atoms with Gasteiger partial charge in [0, 0.05) is 31.5 Å². The number of rotatable bonds is 1. The Bertz CT molecular complexity index is 396. The van der Waals surface area contributed by atoms with Crippen molar-refractivity contribution in [3.8, 4) is 0 Å². The molecule has 1 saturated carbocycles. The summed E-state index contributed by atoms with van der Waals surface area (Å²) in [6, 6.07) is 0.449. The van der Waals surface area contributed by atoms with Gasteiger partial charge in [0.15, 0.2) is 0 Å². The molecule has 0 unspecified atom stereocenters. The maximum atomic E-state index is 12.8. The average Bonchev–Trinajstić information content (AvgIpc) is 2.47. The Morgan fingerprint density at radius 2 is 2.00 bits per heavy atom. The van der Waals surface area contributed by atoms with Crippen molar-refractivity contribution in [1.29, 1.82) is 0 Å². The third-order valence-corrected chi connectivity index (χ3v) is 5.62. The lowest BCUT2D eigenvalue weighted by Gasteiger charge is -2.48. The molecule has 2 aliphatic heterocycles. The van der Waals surface area contributed by atoms with E-state index in [9.17, 15) is 9.59 Å². The summed E-state index contributed by atoms with van der Waals surface area (Å²) in [7, 11) is 0. The molecule has 0 aromatic carbocycles. The SMILES string of the molecule is C[C@H]1CCN(C(=O)[C@H]2CCNC(=O)C2)[C@@H]2CCCC[C@H]21. The summed E-state index contributed by atoms with van der Waals surface area (Å²) in [5, 5.41) is 2.82. The number of nitrogens with one attached hydrogen (secondary N) is 1. The third-order valence-electron chi connectivity index (χ3n) is 5.62. The van der Waals surface area contributed by atoms with Gasteiger partial charge in [-0.2, -0.15) is 0 Å². The summed E-state index contributed by atoms with van der Waals surface area (Å²) in [6.07, 6.45) is 7.35. The zero-order valence-corrected chi connectivity index (χ0v) is 12.4. The van der Waals surface area contributed by atoms with Gasteiger partial charge in [-0.15, -0.1) is 0 Å². The van der Waals surface area contributed by atoms with Crippen molar-refractivity contribution in [1.82, 2.24) is 10.2 Å². The largest absolute Gasteiger partial charge is 0.356 e. The van der Waals surface area contributed by atoms with E-state index in [1.54, 1.807) is 0 Å². The molecule has 112 valence electrons. The molecule has 1 N–H and O–H groups in total. The van der Waals surface area contributed by atoms with Crippen LogP contribution in [0.15, 0.2) is 0 Å². The highest BCUT2D eigenvalue weighted by Crippen LogP contribution is 2.39. The minimum atomic E-state index is -0.0697. The quantitative estimate of drug-likeness (QED) is 0.797. The van der Waals surface area contributed by atoms with Gasteiger partial charge in [-0.3, -0.25) is 9.59 Å². The van der Waals surface area contributed by atoms with Crippen LogP contribution >= 0.6 is 0 Å². The second kappa shape index (κ2) is 5.74. The Morgan fingerprint density at radius 1 is 1.20 bits per heavy atom. The van der Waals surface area contributed by atoms with E-state index in [0.29, 0.717) is 24.9 Å². The fourth-order valence-corrected chi connectivity index (χ4v) is 4.42. The van der Waals surface area contributed by atoms with Gasteiger partial charge in [-0.05, 0) is 37.5 Å². The van der Waals surface area contributed by atoms with E-state index in [2.05, 4.69) is 17.1 Å². The molecule has 3 fully saturated rings. The predicted octanol–water partition coefficient (Wildman–Crippen LogP) is 1.94. The van der Waals surface area contributed by atoms with Crippen LogP contribution in [-0.4, -0.2) is 35.8 Å². The summed E-state index contributed by atoms with van der Waals surface area (Å²) in [5.41, 5.74) is 0. The maximum absolute atomic E-state index is 12.8. The van der Waals surface area contributed by atoms with E-state index in [-0.39, 0.29) is 17.7 Å². The van der Waals surface area contributed by atoms with Crippen molar-refractivity contribution < 1.29 is 9.59 Å². The van der Waals surface area contributed by atoms with Gasteiger partial charge in [0.25, 0.3) is 0 Å². The van der Waals surface area contributed by atoms with Gasteiger partial charge >= 0.3 is 0 Å². The molecule has 20 heavy (non-hydrogen) atoms. The number of carbonyl (C=O) groups is 2. The minimum Gasteiger partial charge on any atom is -0.356 e. The van der Waals surface area contributed by atoms with Crippen molar-refractivity contribution >= 4 is 11.8 Å². The lowest BCUT2D eigenvalue weighted by atomic mass is 9.72. The fourth-order valence-electron chi connectivity index (χ4n) is 4.42. The smallest absolute Gasteiger partial charge is 0.226 e. The Morgan fingerprint density at radius 3 is 2.80 bits per heavy atom. The molecule has 4 nitrogen and oxygen atoms in total. The van der Waals surface area contributed by atoms with Crippen LogP contribution in [0, 0.1) is 17.8 Å². The molecule has 2 saturated heterocycles. The minimum absolute atomic E-state index is 0.0418. The average molecular weight is 278 g/mol. The van der Waals surface area contributed by atoms with Crippen LogP contribution in [0.2, 0.25) is 0 Å². The number of nitrogens with zero attached hydrogens (tertiary/aromatic N) is 1. The van der Waals surface area contributed by atoms with E-state index < -0.39 is 0 Å². The van der Waals surface area contributed by atoms with Crippen molar-refractivity contribution in [3.63, 3.8) is 0 Å². The Hall–Kier alpha value is -1.06. The first-order valence-electron chi connectivity index (χ1n) is 8.24. The second-order valence-corrected chi connectivity index (χ2v) is 6.85. The van der Waals surface area contributed by atoms with Crippen LogP contribution in [0.1, 0.15) is 51.9 Å². The molecule has 0 radical (unpaired) electrons. The number of piperidine rings is 2. The highest BCUT2D eigenvalue weighted by Gasteiger charge is 2.41. The number of fused-ring (bicyclic) bond motifs is 1. The fraction of sp³-hybridized carbons (Fsp3) is 0.875. The molecule has 1 aliphatic carbocycles. The third kappa shape index (κ3) is 2.57. The van der Waals surface area contributed by atoms with E-state index in [4.69, 9.17) is 0 Å². The van der Waals surface area contributed by atoms with Gasteiger partial charge in [-0.1, -0.05) is 19.8 Å². The van der Waals surface area contributed by atoms with Crippen LogP contribution in [-0.2, 0) is 9.59 Å². The zero-order chi connectivity index (χ0) is 14.1. The van der Waals surface area contributed by atoms with E-state index in [1.165, 1.54) is 25.7 Å². The van der Waals surface area contributed by atoms with Crippen molar-refractivity contribution in [3.05, 3.63) is 0 Å². The Labute approximate surface area is 121 Å². The summed E-state index contributed by atoms with van der Waals surface area (Å²) < 4.78 is 0. The van der Waals surface area contributed by atoms with E-state index >= 15 is 0 Å². The monoisotopic (exact) mass is 278 g/mol. The van der Waals surface area contributed by atoms with Crippen molar-refractivity contribution in [2.45, 2.75) is 57.9 Å². The molecular weight excluding hydrogens is 252 g/mol. The normalized spacial score (nSPS) is 38.0. The van der Waals surface area contributed by atoms with Crippen LogP contribution < -0.4 is 5.32 Å².